The van der Waals surface area contributed by atoms with Gasteiger partial charge in [0.05, 0.1) is 7.11 Å². The molecule has 3 N–H and O–H groups in total. The van der Waals surface area contributed by atoms with E-state index in [0.29, 0.717) is 50.8 Å². The number of rotatable bonds is 16. The number of amides is 4. The smallest absolute Gasteiger partial charge is 0.262 e. The molecule has 4 aromatic rings. The molecule has 328 valence electrons. The molecular formula is C50H62N4O7Si. The van der Waals surface area contributed by atoms with E-state index in [0.717, 1.165) is 21.5 Å². The van der Waals surface area contributed by atoms with Crippen LogP contribution in [-0.4, -0.2) is 86.6 Å². The molecule has 0 aromatic heterocycles. The van der Waals surface area contributed by atoms with Gasteiger partial charge in [-0.15, -0.1) is 0 Å². The third kappa shape index (κ3) is 11.1. The van der Waals surface area contributed by atoms with Crippen molar-refractivity contribution in [3.8, 4) is 5.75 Å². The molecular weight excluding hydrogens is 797 g/mol. The number of carbonyl (C=O) groups excluding carboxylic acids is 5. The van der Waals surface area contributed by atoms with E-state index in [-0.39, 0.29) is 36.0 Å². The third-order valence-corrected chi connectivity index (χ3v) is 17.4. The molecule has 2 aliphatic rings. The average Bonchev–Trinajstić information content (AvgIpc) is 3.78. The molecule has 0 spiro atoms. The van der Waals surface area contributed by atoms with Crippen LogP contribution in [0, 0.1) is 0 Å². The van der Waals surface area contributed by atoms with Crippen LogP contribution >= 0.6 is 0 Å². The first-order valence-corrected chi connectivity index (χ1v) is 23.9. The van der Waals surface area contributed by atoms with Gasteiger partial charge in [-0.2, -0.15) is 0 Å². The predicted molar refractivity (Wildman–Crippen MR) is 244 cm³/mol. The Hall–Kier alpha value is -5.59. The van der Waals surface area contributed by atoms with E-state index >= 15 is 0 Å². The van der Waals surface area contributed by atoms with Crippen molar-refractivity contribution in [3.05, 3.63) is 126 Å². The molecule has 6 rings (SSSR count). The molecule has 0 radical (unpaired) electrons. The van der Waals surface area contributed by atoms with Crippen molar-refractivity contribution in [1.29, 1.82) is 0 Å². The van der Waals surface area contributed by atoms with Gasteiger partial charge in [0.2, 0.25) is 23.6 Å². The molecule has 0 unspecified atom stereocenters. The fraction of sp³-hybridized carbons (Fsp3) is 0.420. The topological polar surface area (TPSA) is 143 Å². The average molecular weight is 859 g/mol. The van der Waals surface area contributed by atoms with Gasteiger partial charge in [0.1, 0.15) is 36.0 Å². The minimum atomic E-state index is -2.93. The van der Waals surface area contributed by atoms with Gasteiger partial charge in [0, 0.05) is 25.8 Å². The van der Waals surface area contributed by atoms with Crippen LogP contribution in [-0.2, 0) is 41.2 Å². The molecule has 0 aliphatic carbocycles. The number of benzene rings is 4. The monoisotopic (exact) mass is 858 g/mol. The highest BCUT2D eigenvalue weighted by molar-refractivity contribution is 6.99. The lowest BCUT2D eigenvalue weighted by Gasteiger charge is -2.44. The first-order valence-electron chi connectivity index (χ1n) is 22.0. The van der Waals surface area contributed by atoms with Crippen LogP contribution in [0.5, 0.6) is 5.75 Å². The predicted octanol–water partition coefficient (Wildman–Crippen LogP) is 5.42. The van der Waals surface area contributed by atoms with Crippen LogP contribution in [0.1, 0.15) is 83.8 Å². The van der Waals surface area contributed by atoms with Gasteiger partial charge in [0.25, 0.3) is 8.32 Å². The normalized spacial score (nSPS) is 20.5. The first-order chi connectivity index (χ1) is 29.8. The molecule has 2 aliphatic heterocycles. The molecule has 62 heavy (non-hydrogen) atoms. The fourth-order valence-corrected chi connectivity index (χ4v) is 13.6. The number of ether oxygens (including phenoxy) is 1. The number of unbranched alkanes of at least 4 members (excludes halogenated alkanes) is 2. The number of carbonyl (C=O) groups is 5. The van der Waals surface area contributed by atoms with E-state index in [1.54, 1.807) is 24.1 Å². The summed E-state index contributed by atoms with van der Waals surface area (Å²) in [4.78, 5) is 71.9. The first kappa shape index (κ1) is 45.9. The molecule has 11 nitrogen and oxygen atoms in total. The molecule has 2 fully saturated rings. The van der Waals surface area contributed by atoms with Gasteiger partial charge in [-0.05, 0) is 71.3 Å². The van der Waals surface area contributed by atoms with Crippen LogP contribution in [0.4, 0.5) is 0 Å². The molecule has 0 saturated carbocycles. The van der Waals surface area contributed by atoms with Gasteiger partial charge in [-0.3, -0.25) is 24.0 Å². The summed E-state index contributed by atoms with van der Waals surface area (Å²) >= 11 is 0. The minimum absolute atomic E-state index is 0.0130. The highest BCUT2D eigenvalue weighted by Crippen LogP contribution is 2.37. The lowest BCUT2D eigenvalue weighted by atomic mass is 9.99. The Balaban J connectivity index is 1.15. The number of nitrogens with one attached hydrogen (secondary N) is 3. The Morgan fingerprint density at radius 2 is 1.23 bits per heavy atom. The summed E-state index contributed by atoms with van der Waals surface area (Å²) in [5.41, 5.74) is 1.64. The third-order valence-electron chi connectivity index (χ3n) is 12.2. The number of nitrogens with zero attached hydrogens (tertiary/aromatic N) is 1. The summed E-state index contributed by atoms with van der Waals surface area (Å²) in [6, 6.07) is 33.5. The SMILES string of the molecule is COc1ccc(C[C@H]2NC(=O)[C@H](CCCCCC(=O)[C@@H](C)O[Si](c3ccccc3)(c3ccccc3)C(C)(C)C)NC(=O)[C@H]3CCCN3C(=O)[C@H](Cc3ccccc3)NC2=O)cc1. The van der Waals surface area contributed by atoms with E-state index in [4.69, 9.17) is 9.16 Å². The summed E-state index contributed by atoms with van der Waals surface area (Å²) < 4.78 is 12.4. The number of methoxy groups -OCH3 is 1. The van der Waals surface area contributed by atoms with Gasteiger partial charge in [-0.1, -0.05) is 137 Å². The molecule has 2 saturated heterocycles. The van der Waals surface area contributed by atoms with Gasteiger partial charge in [0.15, 0.2) is 5.78 Å². The number of hydrogen-bond donors (Lipinski definition) is 3. The van der Waals surface area contributed by atoms with Crippen molar-refractivity contribution in [2.45, 2.75) is 121 Å². The lowest BCUT2D eigenvalue weighted by Crippen LogP contribution is -2.68. The van der Waals surface area contributed by atoms with E-state index in [2.05, 4.69) is 61.0 Å². The zero-order chi connectivity index (χ0) is 44.3. The fourth-order valence-electron chi connectivity index (χ4n) is 8.89. The van der Waals surface area contributed by atoms with Crippen LogP contribution in [0.2, 0.25) is 5.04 Å². The highest BCUT2D eigenvalue weighted by atomic mass is 28.4. The number of ketones is 1. The summed E-state index contributed by atoms with van der Waals surface area (Å²) in [5, 5.41) is 10.8. The van der Waals surface area contributed by atoms with Gasteiger partial charge < -0.3 is 30.0 Å². The Morgan fingerprint density at radius 3 is 1.82 bits per heavy atom. The Bertz CT molecular complexity index is 2090. The second kappa shape index (κ2) is 21.0. The number of Topliss-reactive ketones (excluding diaryl/α,β-unsaturated/α-hetero) is 1. The van der Waals surface area contributed by atoms with E-state index in [1.165, 1.54) is 0 Å². The summed E-state index contributed by atoms with van der Waals surface area (Å²) in [5.74, 6) is -1.02. The quantitative estimate of drug-likeness (QED) is 0.101. The molecule has 4 aromatic carbocycles. The van der Waals surface area contributed by atoms with Crippen LogP contribution in [0.3, 0.4) is 0 Å². The maximum absolute atomic E-state index is 14.2. The minimum Gasteiger partial charge on any atom is -0.497 e. The van der Waals surface area contributed by atoms with E-state index < -0.39 is 56.3 Å². The van der Waals surface area contributed by atoms with Crippen molar-refractivity contribution in [2.24, 2.45) is 0 Å². The number of fused-ring (bicyclic) bond motifs is 1. The molecule has 0 bridgehead atoms. The van der Waals surface area contributed by atoms with E-state index in [9.17, 15) is 24.0 Å². The lowest BCUT2D eigenvalue weighted by molar-refractivity contribution is -0.143. The van der Waals surface area contributed by atoms with Crippen molar-refractivity contribution in [3.63, 3.8) is 0 Å². The van der Waals surface area contributed by atoms with Crippen molar-refractivity contribution < 1.29 is 33.1 Å². The zero-order valence-electron chi connectivity index (χ0n) is 36.7. The van der Waals surface area contributed by atoms with E-state index in [1.807, 2.05) is 85.8 Å². The maximum atomic E-state index is 14.2. The second-order valence-corrected chi connectivity index (χ2v) is 21.9. The summed E-state index contributed by atoms with van der Waals surface area (Å²) in [7, 11) is -1.36. The number of hydrogen-bond acceptors (Lipinski definition) is 7. The molecule has 4 amide bonds. The van der Waals surface area contributed by atoms with Crippen LogP contribution in [0.15, 0.2) is 115 Å². The zero-order valence-corrected chi connectivity index (χ0v) is 37.7. The van der Waals surface area contributed by atoms with Crippen LogP contribution < -0.4 is 31.1 Å². The summed E-state index contributed by atoms with van der Waals surface area (Å²) in [6.45, 7) is 8.79. The van der Waals surface area contributed by atoms with Crippen molar-refractivity contribution in [1.82, 2.24) is 20.9 Å². The largest absolute Gasteiger partial charge is 0.497 e. The molecule has 2 heterocycles. The Morgan fingerprint density at radius 1 is 0.694 bits per heavy atom. The van der Waals surface area contributed by atoms with Crippen molar-refractivity contribution in [2.75, 3.05) is 13.7 Å². The Kier molecular flexibility index (Phi) is 15.5. The summed E-state index contributed by atoms with van der Waals surface area (Å²) in [6.07, 6.45) is 3.14. The molecule has 5 atom stereocenters. The Labute approximate surface area is 367 Å². The standard InChI is InChI=1S/C50H62N4O7Si/c1-35(61-62(50(2,3)4,39-21-12-7-13-22-39)40-23-14-8-15-24-40)45(55)27-17-9-16-25-41-46(56)52-42(33-37-28-30-38(60-5)31-29-37)47(57)53-43(34-36-19-10-6-11-20-36)49(59)54-32-18-26-44(54)48(58)51-41/h6-8,10-15,19-24,28-31,35,41-44H,9,16-18,25-27,32-34H2,1-5H3,(H,51,58)(H,52,56)(H,53,57)/t35-,41+,42-,43+,44-/m1/s1. The molecule has 12 heteroatoms. The van der Waals surface area contributed by atoms with Crippen molar-refractivity contribution >= 4 is 48.1 Å². The second-order valence-electron chi connectivity index (χ2n) is 17.6. The maximum Gasteiger partial charge on any atom is 0.262 e. The van der Waals surface area contributed by atoms with Crippen LogP contribution in [0.25, 0.3) is 0 Å². The van der Waals surface area contributed by atoms with Gasteiger partial charge in [-0.25, -0.2) is 0 Å². The van der Waals surface area contributed by atoms with Gasteiger partial charge >= 0.3 is 0 Å². The highest BCUT2D eigenvalue weighted by Gasteiger charge is 2.51.